The van der Waals surface area contributed by atoms with E-state index in [4.69, 9.17) is 11.6 Å². The second-order valence-corrected chi connectivity index (χ2v) is 3.88. The van der Waals surface area contributed by atoms with E-state index < -0.39 is 0 Å². The average Bonchev–Trinajstić information content (AvgIpc) is 2.04. The molecule has 0 spiro atoms. The predicted octanol–water partition coefficient (Wildman–Crippen LogP) is -1.97. The van der Waals surface area contributed by atoms with Crippen molar-refractivity contribution in [3.05, 3.63) is 0 Å². The number of rotatable bonds is 3. The number of quaternary nitrogens is 2. The van der Waals surface area contributed by atoms with Gasteiger partial charge in [0.1, 0.15) is 26.2 Å². The smallest absolute Gasteiger partial charge is 0.127 e. The Bertz CT molecular complexity index is 97.5. The minimum atomic E-state index is 0.826. The van der Waals surface area contributed by atoms with Crippen LogP contribution in [0.3, 0.4) is 0 Å². The molecule has 2 N–H and O–H groups in total. The Labute approximate surface area is 74.1 Å². The summed E-state index contributed by atoms with van der Waals surface area (Å²) in [6.07, 6.45) is 1.18. The number of hydrogen-bond donors (Lipinski definition) is 2. The average molecular weight is 179 g/mol. The first-order valence-corrected chi connectivity index (χ1v) is 5.07. The normalized spacial score (nSPS) is 32.2. The molecule has 0 aromatic heterocycles. The second-order valence-electron chi connectivity index (χ2n) is 3.50. The first-order chi connectivity index (χ1) is 5.33. The fraction of sp³-hybridized carbons (Fsp3) is 1.00. The van der Waals surface area contributed by atoms with Crippen LogP contribution in [0.5, 0.6) is 0 Å². The summed E-state index contributed by atoms with van der Waals surface area (Å²) in [7, 11) is 2.28. The SMILES string of the molecule is C[NH+]1CC[NH+](CCCCl)CC1. The fourth-order valence-electron chi connectivity index (χ4n) is 1.60. The van der Waals surface area contributed by atoms with Gasteiger partial charge in [-0.15, -0.1) is 11.6 Å². The molecule has 0 aromatic carbocycles. The summed E-state index contributed by atoms with van der Waals surface area (Å²) in [4.78, 5) is 3.43. The van der Waals surface area contributed by atoms with Gasteiger partial charge in [0.25, 0.3) is 0 Å². The number of alkyl halides is 1. The third kappa shape index (κ3) is 3.41. The Morgan fingerprint density at radius 1 is 1.18 bits per heavy atom. The number of hydrogen-bond acceptors (Lipinski definition) is 0. The summed E-state index contributed by atoms with van der Waals surface area (Å²) >= 11 is 5.63. The molecule has 0 aliphatic carbocycles. The molecule has 0 radical (unpaired) electrons. The van der Waals surface area contributed by atoms with Crippen LogP contribution in [-0.2, 0) is 0 Å². The first kappa shape index (κ1) is 9.30. The van der Waals surface area contributed by atoms with E-state index in [1.165, 1.54) is 39.1 Å². The lowest BCUT2D eigenvalue weighted by molar-refractivity contribution is -1.00. The van der Waals surface area contributed by atoms with E-state index in [1.807, 2.05) is 0 Å². The van der Waals surface area contributed by atoms with Gasteiger partial charge in [-0.05, 0) is 0 Å². The Morgan fingerprint density at radius 2 is 1.82 bits per heavy atom. The van der Waals surface area contributed by atoms with Crippen LogP contribution in [0.2, 0.25) is 0 Å². The van der Waals surface area contributed by atoms with Crippen molar-refractivity contribution in [3.8, 4) is 0 Å². The number of halogens is 1. The molecule has 0 unspecified atom stereocenters. The second kappa shape index (κ2) is 4.96. The summed E-state index contributed by atoms with van der Waals surface area (Å²) < 4.78 is 0. The highest BCUT2D eigenvalue weighted by Gasteiger charge is 2.18. The maximum atomic E-state index is 5.63. The van der Waals surface area contributed by atoms with Crippen molar-refractivity contribution in [2.24, 2.45) is 0 Å². The van der Waals surface area contributed by atoms with Gasteiger partial charge < -0.3 is 9.80 Å². The van der Waals surface area contributed by atoms with Gasteiger partial charge in [-0.1, -0.05) is 0 Å². The quantitative estimate of drug-likeness (QED) is 0.464. The maximum absolute atomic E-state index is 5.63. The third-order valence-electron chi connectivity index (χ3n) is 2.47. The van der Waals surface area contributed by atoms with Gasteiger partial charge in [-0.2, -0.15) is 0 Å². The largest absolute Gasteiger partial charge is 0.328 e. The van der Waals surface area contributed by atoms with Crippen molar-refractivity contribution in [2.45, 2.75) is 6.42 Å². The zero-order valence-corrected chi connectivity index (χ0v) is 8.08. The van der Waals surface area contributed by atoms with Crippen LogP contribution in [0.4, 0.5) is 0 Å². The highest BCUT2D eigenvalue weighted by Crippen LogP contribution is 1.77. The monoisotopic (exact) mass is 178 g/mol. The van der Waals surface area contributed by atoms with Crippen molar-refractivity contribution in [1.29, 1.82) is 0 Å². The molecular formula is C8H19ClN2+2. The standard InChI is InChI=1S/C8H17ClN2/c1-10-5-7-11(8-6-10)4-2-3-9/h2-8H2,1H3/p+2. The molecule has 1 aliphatic heterocycles. The fourth-order valence-corrected chi connectivity index (χ4v) is 1.73. The summed E-state index contributed by atoms with van der Waals surface area (Å²) in [6.45, 7) is 6.61. The molecule has 0 bridgehead atoms. The molecule has 2 nitrogen and oxygen atoms in total. The van der Waals surface area contributed by atoms with Crippen molar-refractivity contribution >= 4 is 11.6 Å². The molecule has 1 saturated heterocycles. The first-order valence-electron chi connectivity index (χ1n) is 4.54. The Balaban J connectivity index is 2.07. The van der Waals surface area contributed by atoms with Gasteiger partial charge in [0.05, 0.1) is 13.6 Å². The molecular weight excluding hydrogens is 160 g/mol. The van der Waals surface area contributed by atoms with E-state index in [0.29, 0.717) is 0 Å². The van der Waals surface area contributed by atoms with E-state index in [0.717, 1.165) is 5.88 Å². The molecule has 0 atom stereocenters. The number of likely N-dealkylation sites (N-methyl/N-ethyl adjacent to an activating group) is 1. The maximum Gasteiger partial charge on any atom is 0.127 e. The van der Waals surface area contributed by atoms with Gasteiger partial charge in [-0.3, -0.25) is 0 Å². The molecule has 0 amide bonds. The van der Waals surface area contributed by atoms with Gasteiger partial charge in [0, 0.05) is 12.3 Å². The molecule has 1 fully saturated rings. The zero-order chi connectivity index (χ0) is 8.10. The van der Waals surface area contributed by atoms with Crippen LogP contribution >= 0.6 is 11.6 Å². The van der Waals surface area contributed by atoms with Gasteiger partial charge in [0.2, 0.25) is 0 Å². The summed E-state index contributed by atoms with van der Waals surface area (Å²) in [6, 6.07) is 0. The Morgan fingerprint density at radius 3 is 2.36 bits per heavy atom. The topological polar surface area (TPSA) is 8.88 Å². The van der Waals surface area contributed by atoms with Crippen LogP contribution in [0.15, 0.2) is 0 Å². The van der Waals surface area contributed by atoms with Crippen LogP contribution in [0.1, 0.15) is 6.42 Å². The van der Waals surface area contributed by atoms with E-state index >= 15 is 0 Å². The van der Waals surface area contributed by atoms with Crippen LogP contribution in [0, 0.1) is 0 Å². The molecule has 0 aromatic rings. The zero-order valence-electron chi connectivity index (χ0n) is 7.33. The molecule has 1 rings (SSSR count). The van der Waals surface area contributed by atoms with E-state index in [2.05, 4.69) is 7.05 Å². The van der Waals surface area contributed by atoms with Crippen molar-refractivity contribution in [2.75, 3.05) is 45.7 Å². The van der Waals surface area contributed by atoms with Crippen molar-refractivity contribution < 1.29 is 9.80 Å². The Hall–Kier alpha value is 0.210. The predicted molar refractivity (Wildman–Crippen MR) is 47.5 cm³/mol. The molecule has 66 valence electrons. The molecule has 1 aliphatic rings. The van der Waals surface area contributed by atoms with Crippen molar-refractivity contribution in [1.82, 2.24) is 0 Å². The van der Waals surface area contributed by atoms with Crippen LogP contribution in [-0.4, -0.2) is 45.7 Å². The Kier molecular flexibility index (Phi) is 4.20. The summed E-state index contributed by atoms with van der Waals surface area (Å²) in [5.74, 6) is 0.826. The lowest BCUT2D eigenvalue weighted by atomic mass is 10.3. The summed E-state index contributed by atoms with van der Waals surface area (Å²) in [5.41, 5.74) is 0. The van der Waals surface area contributed by atoms with Crippen LogP contribution in [0.25, 0.3) is 0 Å². The third-order valence-corrected chi connectivity index (χ3v) is 2.74. The van der Waals surface area contributed by atoms with Gasteiger partial charge in [0.15, 0.2) is 0 Å². The van der Waals surface area contributed by atoms with Gasteiger partial charge >= 0.3 is 0 Å². The van der Waals surface area contributed by atoms with Crippen molar-refractivity contribution in [3.63, 3.8) is 0 Å². The van der Waals surface area contributed by atoms with E-state index in [1.54, 1.807) is 9.80 Å². The molecule has 1 heterocycles. The highest BCUT2D eigenvalue weighted by atomic mass is 35.5. The molecule has 3 heteroatoms. The number of nitrogens with one attached hydrogen (secondary N) is 2. The van der Waals surface area contributed by atoms with Gasteiger partial charge in [-0.25, -0.2) is 0 Å². The lowest BCUT2D eigenvalue weighted by Gasteiger charge is -2.26. The van der Waals surface area contributed by atoms with Crippen LogP contribution < -0.4 is 9.80 Å². The number of piperazine rings is 1. The summed E-state index contributed by atoms with van der Waals surface area (Å²) in [5, 5.41) is 0. The van der Waals surface area contributed by atoms with E-state index in [9.17, 15) is 0 Å². The minimum Gasteiger partial charge on any atom is -0.328 e. The molecule has 0 saturated carbocycles. The minimum absolute atomic E-state index is 0.826. The van der Waals surface area contributed by atoms with E-state index in [-0.39, 0.29) is 0 Å². The highest BCUT2D eigenvalue weighted by molar-refractivity contribution is 6.17. The lowest BCUT2D eigenvalue weighted by Crippen LogP contribution is -3.27. The molecule has 11 heavy (non-hydrogen) atoms.